The number of rotatable bonds is 3. The van der Waals surface area contributed by atoms with Crippen molar-refractivity contribution in [3.05, 3.63) is 35.4 Å². The number of hydrogen-bond donors (Lipinski definition) is 2. The van der Waals surface area contributed by atoms with Gasteiger partial charge in [-0.05, 0) is 29.9 Å². The van der Waals surface area contributed by atoms with Crippen LogP contribution in [0.2, 0.25) is 0 Å². The Balaban J connectivity index is 2.14. The van der Waals surface area contributed by atoms with Gasteiger partial charge in [0.2, 0.25) is 0 Å². The van der Waals surface area contributed by atoms with Crippen LogP contribution in [0.4, 0.5) is 0 Å². The van der Waals surface area contributed by atoms with E-state index in [1.807, 2.05) is 0 Å². The molecule has 0 fully saturated rings. The minimum Gasteiger partial charge on any atom is -0.396 e. The van der Waals surface area contributed by atoms with Crippen LogP contribution in [-0.2, 0) is 6.54 Å². The fraction of sp³-hybridized carbons (Fsp3) is 0.500. The number of fused-ring (bicyclic) bond motifs is 1. The van der Waals surface area contributed by atoms with Gasteiger partial charge in [0.15, 0.2) is 0 Å². The zero-order chi connectivity index (χ0) is 9.80. The highest BCUT2D eigenvalue weighted by Crippen LogP contribution is 2.27. The molecule has 1 unspecified atom stereocenters. The second-order valence-corrected chi connectivity index (χ2v) is 3.89. The van der Waals surface area contributed by atoms with Crippen molar-refractivity contribution < 1.29 is 5.11 Å². The standard InChI is InChI=1S/C12H17NO/c14-7-3-5-11-9-13-8-10-4-1-2-6-12(10)11/h1-2,4,6,11,13-14H,3,5,7-9H2. The summed E-state index contributed by atoms with van der Waals surface area (Å²) in [5.41, 5.74) is 2.89. The molecule has 14 heavy (non-hydrogen) atoms. The molecule has 1 atom stereocenters. The van der Waals surface area contributed by atoms with Crippen LogP contribution >= 0.6 is 0 Å². The molecule has 2 rings (SSSR count). The molecule has 1 aromatic carbocycles. The van der Waals surface area contributed by atoms with Crippen molar-refractivity contribution in [2.24, 2.45) is 0 Å². The van der Waals surface area contributed by atoms with E-state index in [0.29, 0.717) is 12.5 Å². The lowest BCUT2D eigenvalue weighted by molar-refractivity contribution is 0.277. The van der Waals surface area contributed by atoms with E-state index in [1.54, 1.807) is 0 Å². The van der Waals surface area contributed by atoms with Gasteiger partial charge in [-0.2, -0.15) is 0 Å². The van der Waals surface area contributed by atoms with Gasteiger partial charge in [0.05, 0.1) is 0 Å². The Labute approximate surface area is 85.0 Å². The minimum atomic E-state index is 0.304. The second-order valence-electron chi connectivity index (χ2n) is 3.89. The van der Waals surface area contributed by atoms with E-state index < -0.39 is 0 Å². The maximum absolute atomic E-state index is 8.82. The Morgan fingerprint density at radius 2 is 2.21 bits per heavy atom. The third kappa shape index (κ3) is 1.97. The van der Waals surface area contributed by atoms with Gasteiger partial charge in [-0.1, -0.05) is 24.3 Å². The summed E-state index contributed by atoms with van der Waals surface area (Å²) in [5, 5.41) is 12.2. The summed E-state index contributed by atoms with van der Waals surface area (Å²) in [5.74, 6) is 0.590. The summed E-state index contributed by atoms with van der Waals surface area (Å²) in [6, 6.07) is 8.61. The Hall–Kier alpha value is -0.860. The summed E-state index contributed by atoms with van der Waals surface area (Å²) in [7, 11) is 0. The SMILES string of the molecule is OCCCC1CNCc2ccccc21. The predicted molar refractivity (Wildman–Crippen MR) is 57.2 cm³/mol. The Kier molecular flexibility index (Phi) is 3.17. The van der Waals surface area contributed by atoms with Crippen molar-refractivity contribution in [3.8, 4) is 0 Å². The molecule has 0 radical (unpaired) electrons. The quantitative estimate of drug-likeness (QED) is 0.761. The maximum atomic E-state index is 8.82. The summed E-state index contributed by atoms with van der Waals surface area (Å²) in [6.07, 6.45) is 1.99. The third-order valence-electron chi connectivity index (χ3n) is 2.91. The lowest BCUT2D eigenvalue weighted by Gasteiger charge is -2.26. The van der Waals surface area contributed by atoms with E-state index in [-0.39, 0.29) is 0 Å². The van der Waals surface area contributed by atoms with Gasteiger partial charge in [0, 0.05) is 19.7 Å². The van der Waals surface area contributed by atoms with Crippen LogP contribution in [0.25, 0.3) is 0 Å². The average Bonchev–Trinajstić information content (AvgIpc) is 2.26. The van der Waals surface area contributed by atoms with E-state index in [2.05, 4.69) is 29.6 Å². The normalized spacial score (nSPS) is 20.5. The van der Waals surface area contributed by atoms with Crippen molar-refractivity contribution in [1.82, 2.24) is 5.32 Å². The summed E-state index contributed by atoms with van der Waals surface area (Å²) < 4.78 is 0. The first kappa shape index (κ1) is 9.69. The smallest absolute Gasteiger partial charge is 0.0431 e. The molecule has 0 amide bonds. The van der Waals surface area contributed by atoms with Crippen molar-refractivity contribution in [1.29, 1.82) is 0 Å². The molecule has 2 heteroatoms. The molecule has 1 heterocycles. The van der Waals surface area contributed by atoms with Crippen molar-refractivity contribution in [2.45, 2.75) is 25.3 Å². The summed E-state index contributed by atoms with van der Waals surface area (Å²) in [6.45, 7) is 2.35. The first-order valence-electron chi connectivity index (χ1n) is 5.31. The Morgan fingerprint density at radius 3 is 3.07 bits per heavy atom. The molecule has 0 aliphatic carbocycles. The molecule has 0 bridgehead atoms. The minimum absolute atomic E-state index is 0.304. The number of aliphatic hydroxyl groups is 1. The van der Waals surface area contributed by atoms with Gasteiger partial charge in [0.25, 0.3) is 0 Å². The molecule has 0 aromatic heterocycles. The number of benzene rings is 1. The molecular formula is C12H17NO. The summed E-state index contributed by atoms with van der Waals surface area (Å²) >= 11 is 0. The van der Waals surface area contributed by atoms with Crippen LogP contribution in [0.3, 0.4) is 0 Å². The zero-order valence-electron chi connectivity index (χ0n) is 8.37. The molecule has 1 aliphatic rings. The Morgan fingerprint density at radius 1 is 1.36 bits per heavy atom. The summed E-state index contributed by atoms with van der Waals surface area (Å²) in [4.78, 5) is 0. The van der Waals surface area contributed by atoms with Crippen molar-refractivity contribution >= 4 is 0 Å². The van der Waals surface area contributed by atoms with Crippen molar-refractivity contribution in [2.75, 3.05) is 13.2 Å². The topological polar surface area (TPSA) is 32.3 Å². The molecule has 2 nitrogen and oxygen atoms in total. The molecule has 1 aliphatic heterocycles. The highest BCUT2D eigenvalue weighted by atomic mass is 16.2. The van der Waals surface area contributed by atoms with E-state index >= 15 is 0 Å². The molecular weight excluding hydrogens is 174 g/mol. The molecule has 76 valence electrons. The highest BCUT2D eigenvalue weighted by Gasteiger charge is 2.18. The number of hydrogen-bond acceptors (Lipinski definition) is 2. The molecule has 0 saturated heterocycles. The number of nitrogens with one attached hydrogen (secondary N) is 1. The lowest BCUT2D eigenvalue weighted by atomic mass is 9.88. The predicted octanol–water partition coefficient (Wildman–Crippen LogP) is 1.65. The third-order valence-corrected chi connectivity index (χ3v) is 2.91. The van der Waals surface area contributed by atoms with E-state index in [1.165, 1.54) is 11.1 Å². The molecule has 2 N–H and O–H groups in total. The van der Waals surface area contributed by atoms with E-state index in [9.17, 15) is 0 Å². The fourth-order valence-corrected chi connectivity index (χ4v) is 2.18. The number of aliphatic hydroxyl groups excluding tert-OH is 1. The van der Waals surface area contributed by atoms with Crippen LogP contribution in [0.1, 0.15) is 29.9 Å². The van der Waals surface area contributed by atoms with E-state index in [0.717, 1.165) is 25.9 Å². The van der Waals surface area contributed by atoms with Gasteiger partial charge in [-0.25, -0.2) is 0 Å². The average molecular weight is 191 g/mol. The van der Waals surface area contributed by atoms with Gasteiger partial charge in [-0.15, -0.1) is 0 Å². The van der Waals surface area contributed by atoms with Gasteiger partial charge < -0.3 is 10.4 Å². The fourth-order valence-electron chi connectivity index (χ4n) is 2.18. The Bertz CT molecular complexity index is 298. The monoisotopic (exact) mass is 191 g/mol. The largest absolute Gasteiger partial charge is 0.396 e. The first-order valence-corrected chi connectivity index (χ1v) is 5.31. The van der Waals surface area contributed by atoms with Gasteiger partial charge in [0.1, 0.15) is 0 Å². The molecule has 0 spiro atoms. The van der Waals surface area contributed by atoms with Gasteiger partial charge in [-0.3, -0.25) is 0 Å². The zero-order valence-corrected chi connectivity index (χ0v) is 8.37. The lowest BCUT2D eigenvalue weighted by Crippen LogP contribution is -2.28. The van der Waals surface area contributed by atoms with Crippen molar-refractivity contribution in [3.63, 3.8) is 0 Å². The van der Waals surface area contributed by atoms with Gasteiger partial charge >= 0.3 is 0 Å². The first-order chi connectivity index (χ1) is 6.92. The van der Waals surface area contributed by atoms with E-state index in [4.69, 9.17) is 5.11 Å². The molecule has 0 saturated carbocycles. The molecule has 1 aromatic rings. The second kappa shape index (κ2) is 4.58. The van der Waals surface area contributed by atoms with Crippen LogP contribution in [0.5, 0.6) is 0 Å². The van der Waals surface area contributed by atoms with Crippen LogP contribution in [0.15, 0.2) is 24.3 Å². The highest BCUT2D eigenvalue weighted by molar-refractivity contribution is 5.32. The van der Waals surface area contributed by atoms with Crippen LogP contribution in [0, 0.1) is 0 Å². The van der Waals surface area contributed by atoms with Crippen LogP contribution in [-0.4, -0.2) is 18.3 Å². The maximum Gasteiger partial charge on any atom is 0.0431 e. The van der Waals surface area contributed by atoms with Crippen LogP contribution < -0.4 is 5.32 Å².